The van der Waals surface area contributed by atoms with Gasteiger partial charge in [0.05, 0.1) is 27.1 Å². The third kappa shape index (κ3) is 4.69. The van der Waals surface area contributed by atoms with Crippen LogP contribution in [-0.4, -0.2) is 27.4 Å². The number of furan rings is 1. The van der Waals surface area contributed by atoms with Gasteiger partial charge in [0.1, 0.15) is 12.2 Å². The number of fused-ring (bicyclic) bond motifs is 2. The molecule has 184 valence electrons. The van der Waals surface area contributed by atoms with Gasteiger partial charge in [-0.05, 0) is 42.5 Å². The Bertz CT molecular complexity index is 1790. The maximum atomic E-state index is 13.4. The first-order valence-corrected chi connectivity index (χ1v) is 11.6. The van der Waals surface area contributed by atoms with Crippen molar-refractivity contribution in [2.24, 2.45) is 5.10 Å². The Morgan fingerprint density at radius 1 is 1.16 bits per heavy atom. The van der Waals surface area contributed by atoms with E-state index in [1.54, 1.807) is 48.5 Å². The minimum Gasteiger partial charge on any atom is -0.482 e. The van der Waals surface area contributed by atoms with Gasteiger partial charge in [-0.3, -0.25) is 14.9 Å². The molecule has 11 heteroatoms. The van der Waals surface area contributed by atoms with E-state index in [-0.39, 0.29) is 40.2 Å². The van der Waals surface area contributed by atoms with Crippen LogP contribution < -0.4 is 10.3 Å². The lowest BCUT2D eigenvalue weighted by Crippen LogP contribution is -2.20. The molecule has 0 aliphatic carbocycles. The van der Waals surface area contributed by atoms with Gasteiger partial charge in [-0.1, -0.05) is 48.0 Å². The fourth-order valence-corrected chi connectivity index (χ4v) is 4.19. The quantitative estimate of drug-likeness (QED) is 0.102. The monoisotopic (exact) mass is 534 g/mol. The van der Waals surface area contributed by atoms with E-state index in [2.05, 4.69) is 16.7 Å². The van der Waals surface area contributed by atoms with Crippen molar-refractivity contribution < 1.29 is 14.1 Å². The van der Waals surface area contributed by atoms with Crippen LogP contribution in [0.4, 0.5) is 5.69 Å². The SMILES string of the molecule is C=CCOc1c(Cl)cc(C=Nn2c(-c3cc4cc(Cl)ccc4o3)nc3ccccc3c2=O)cc1[N+](=O)[O-]. The number of hydrogen-bond donors (Lipinski definition) is 0. The smallest absolute Gasteiger partial charge is 0.313 e. The zero-order valence-corrected chi connectivity index (χ0v) is 20.4. The second kappa shape index (κ2) is 9.88. The number of halogens is 2. The molecule has 37 heavy (non-hydrogen) atoms. The number of benzene rings is 3. The minimum absolute atomic E-state index is 0.0101. The molecule has 0 aliphatic rings. The van der Waals surface area contributed by atoms with E-state index in [9.17, 15) is 14.9 Å². The molecule has 0 spiro atoms. The number of aromatic nitrogens is 2. The fourth-order valence-electron chi connectivity index (χ4n) is 3.73. The molecule has 3 aromatic carbocycles. The number of nitro groups is 1. The van der Waals surface area contributed by atoms with E-state index >= 15 is 0 Å². The predicted molar refractivity (Wildman–Crippen MR) is 143 cm³/mol. The average Bonchev–Trinajstić information content (AvgIpc) is 3.30. The lowest BCUT2D eigenvalue weighted by atomic mass is 10.2. The maximum absolute atomic E-state index is 13.4. The van der Waals surface area contributed by atoms with Gasteiger partial charge in [-0.2, -0.15) is 9.78 Å². The first kappa shape index (κ1) is 24.2. The minimum atomic E-state index is -0.615. The molecular formula is C26H16Cl2N4O5. The van der Waals surface area contributed by atoms with Crippen molar-refractivity contribution in [3.63, 3.8) is 0 Å². The summed E-state index contributed by atoms with van der Waals surface area (Å²) in [5.41, 5.74) is 0.464. The van der Waals surface area contributed by atoms with Crippen molar-refractivity contribution in [2.45, 2.75) is 0 Å². The van der Waals surface area contributed by atoms with Gasteiger partial charge in [-0.25, -0.2) is 4.98 Å². The Labute approximate surface area is 219 Å². The number of rotatable bonds is 7. The largest absolute Gasteiger partial charge is 0.482 e. The molecule has 0 radical (unpaired) electrons. The van der Waals surface area contributed by atoms with E-state index in [1.165, 1.54) is 24.4 Å². The van der Waals surface area contributed by atoms with Crippen LogP contribution >= 0.6 is 23.2 Å². The van der Waals surface area contributed by atoms with Gasteiger partial charge in [0.2, 0.25) is 11.6 Å². The highest BCUT2D eigenvalue weighted by Crippen LogP contribution is 2.36. The Hall–Kier alpha value is -4.47. The maximum Gasteiger partial charge on any atom is 0.313 e. The van der Waals surface area contributed by atoms with Crippen LogP contribution in [0.15, 0.2) is 87.6 Å². The molecular weight excluding hydrogens is 519 g/mol. The third-order valence-electron chi connectivity index (χ3n) is 5.36. The normalized spacial score (nSPS) is 11.4. The van der Waals surface area contributed by atoms with Crippen LogP contribution in [0.3, 0.4) is 0 Å². The molecule has 9 nitrogen and oxygen atoms in total. The molecule has 0 bridgehead atoms. The molecule has 0 fully saturated rings. The summed E-state index contributed by atoms with van der Waals surface area (Å²) in [6.45, 7) is 3.57. The molecule has 0 saturated carbocycles. The molecule has 5 aromatic rings. The zero-order chi connectivity index (χ0) is 26.1. The van der Waals surface area contributed by atoms with E-state index in [1.807, 2.05) is 0 Å². The van der Waals surface area contributed by atoms with Crippen molar-refractivity contribution >= 4 is 57.0 Å². The highest BCUT2D eigenvalue weighted by molar-refractivity contribution is 6.32. The Morgan fingerprint density at radius 2 is 1.97 bits per heavy atom. The second-order valence-electron chi connectivity index (χ2n) is 7.81. The summed E-state index contributed by atoms with van der Waals surface area (Å²) in [5, 5.41) is 17.5. The number of nitrogens with zero attached hydrogens (tertiary/aromatic N) is 4. The lowest BCUT2D eigenvalue weighted by Gasteiger charge is -2.09. The summed E-state index contributed by atoms with van der Waals surface area (Å²) in [4.78, 5) is 29.0. The van der Waals surface area contributed by atoms with Crippen molar-refractivity contribution in [3.8, 4) is 17.3 Å². The van der Waals surface area contributed by atoms with E-state index in [0.717, 1.165) is 10.1 Å². The van der Waals surface area contributed by atoms with Crippen molar-refractivity contribution in [1.82, 2.24) is 9.66 Å². The van der Waals surface area contributed by atoms with Gasteiger partial charge >= 0.3 is 5.69 Å². The molecule has 5 rings (SSSR count). The zero-order valence-electron chi connectivity index (χ0n) is 18.9. The summed E-state index contributed by atoms with van der Waals surface area (Å²) >= 11 is 12.4. The van der Waals surface area contributed by atoms with Gasteiger partial charge < -0.3 is 9.15 Å². The summed E-state index contributed by atoms with van der Waals surface area (Å²) in [6, 6.07) is 16.3. The topological polar surface area (TPSA) is 113 Å². The van der Waals surface area contributed by atoms with Gasteiger partial charge in [0.15, 0.2) is 5.76 Å². The molecule has 0 N–H and O–H groups in total. The number of para-hydroxylation sites is 1. The van der Waals surface area contributed by atoms with Crippen molar-refractivity contribution in [3.05, 3.63) is 109 Å². The molecule has 2 aromatic heterocycles. The summed E-state index contributed by atoms with van der Waals surface area (Å²) in [5.74, 6) is 0.336. The van der Waals surface area contributed by atoms with Crippen LogP contribution in [0.5, 0.6) is 5.75 Å². The van der Waals surface area contributed by atoms with Crippen molar-refractivity contribution in [1.29, 1.82) is 0 Å². The lowest BCUT2D eigenvalue weighted by molar-refractivity contribution is -0.385. The molecule has 0 atom stereocenters. The van der Waals surface area contributed by atoms with Gasteiger partial charge in [0.25, 0.3) is 5.56 Å². The van der Waals surface area contributed by atoms with E-state index in [0.29, 0.717) is 21.5 Å². The highest BCUT2D eigenvalue weighted by atomic mass is 35.5. The molecule has 2 heterocycles. The highest BCUT2D eigenvalue weighted by Gasteiger charge is 2.21. The van der Waals surface area contributed by atoms with E-state index in [4.69, 9.17) is 32.4 Å². The number of nitro benzene ring substituents is 1. The molecule has 0 saturated heterocycles. The van der Waals surface area contributed by atoms with Crippen LogP contribution in [0, 0.1) is 10.1 Å². The second-order valence-corrected chi connectivity index (χ2v) is 8.66. The summed E-state index contributed by atoms with van der Waals surface area (Å²) < 4.78 is 12.4. The van der Waals surface area contributed by atoms with E-state index < -0.39 is 10.5 Å². The van der Waals surface area contributed by atoms with Crippen LogP contribution in [0.25, 0.3) is 33.5 Å². The number of ether oxygens (including phenoxy) is 1. The standard InChI is InChI=1S/C26H16Cl2N4O5/c1-2-9-36-24-19(28)10-15(11-21(24)32(34)35)14-29-31-25(30-20-6-4-3-5-18(20)26(31)33)23-13-16-12-17(27)7-8-22(16)37-23/h2-8,10-14H,1,9H2. The Morgan fingerprint density at radius 3 is 2.76 bits per heavy atom. The first-order valence-electron chi connectivity index (χ1n) is 10.8. The van der Waals surface area contributed by atoms with Crippen LogP contribution in [-0.2, 0) is 0 Å². The Balaban J connectivity index is 1.67. The fraction of sp³-hybridized carbons (Fsp3) is 0.0385. The van der Waals surface area contributed by atoms with Crippen LogP contribution in [0.2, 0.25) is 10.0 Å². The molecule has 0 amide bonds. The van der Waals surface area contributed by atoms with Gasteiger partial charge in [0, 0.05) is 22.0 Å². The predicted octanol–water partition coefficient (Wildman–Crippen LogP) is 6.47. The summed E-state index contributed by atoms with van der Waals surface area (Å²) in [6.07, 6.45) is 2.72. The third-order valence-corrected chi connectivity index (χ3v) is 5.88. The Kier molecular flexibility index (Phi) is 6.47. The molecule has 0 aliphatic heterocycles. The summed E-state index contributed by atoms with van der Waals surface area (Å²) in [7, 11) is 0. The first-order chi connectivity index (χ1) is 17.9. The van der Waals surface area contributed by atoms with Crippen molar-refractivity contribution in [2.75, 3.05) is 6.61 Å². The average molecular weight is 535 g/mol. The van der Waals surface area contributed by atoms with Crippen LogP contribution in [0.1, 0.15) is 5.56 Å². The van der Waals surface area contributed by atoms with Gasteiger partial charge in [-0.15, -0.1) is 0 Å². The molecule has 0 unspecified atom stereocenters. The number of hydrogen-bond acceptors (Lipinski definition) is 7.